The summed E-state index contributed by atoms with van der Waals surface area (Å²) in [4.78, 5) is 1.36. The maximum absolute atomic E-state index is 3.56. The normalized spacial score (nSPS) is 16.1. The van der Waals surface area contributed by atoms with E-state index in [9.17, 15) is 0 Å². The quantitative estimate of drug-likeness (QED) is 0.751. The van der Waals surface area contributed by atoms with Gasteiger partial charge in [-0.2, -0.15) is 0 Å². The summed E-state index contributed by atoms with van der Waals surface area (Å²) in [5, 5.41) is 3.42. The van der Waals surface area contributed by atoms with Crippen molar-refractivity contribution in [3.8, 4) is 0 Å². The van der Waals surface area contributed by atoms with Crippen molar-refractivity contribution in [2.24, 2.45) is 0 Å². The van der Waals surface area contributed by atoms with E-state index < -0.39 is 0 Å². The van der Waals surface area contributed by atoms with Crippen molar-refractivity contribution in [2.75, 3.05) is 17.6 Å². The maximum Gasteiger partial charge on any atom is 0.0489 e. The fraction of sp³-hybridized carbons (Fsp3) is 0.333. The van der Waals surface area contributed by atoms with Gasteiger partial charge < -0.3 is 5.32 Å². The smallest absolute Gasteiger partial charge is 0.0489 e. The average Bonchev–Trinajstić information content (AvgIpc) is 2.30. The van der Waals surface area contributed by atoms with Gasteiger partial charge in [-0.25, -0.2) is 0 Å². The minimum atomic E-state index is 1.09. The van der Waals surface area contributed by atoms with Gasteiger partial charge in [0.05, 0.1) is 0 Å². The van der Waals surface area contributed by atoms with Crippen LogP contribution < -0.4 is 5.32 Å². The van der Waals surface area contributed by atoms with E-state index in [0.717, 1.165) is 6.54 Å². The van der Waals surface area contributed by atoms with Crippen molar-refractivity contribution in [1.29, 1.82) is 0 Å². The molecule has 1 aliphatic heterocycles. The SMILES string of the molecule is Brc1cccc2c1SCCCN2. The van der Waals surface area contributed by atoms with Gasteiger partial charge in [-0.3, -0.25) is 0 Å². The number of fused-ring (bicyclic) bond motifs is 1. The highest BCUT2D eigenvalue weighted by Crippen LogP contribution is 2.36. The first-order valence-electron chi connectivity index (χ1n) is 4.03. The molecule has 0 saturated carbocycles. The molecule has 1 aromatic rings. The zero-order valence-corrected chi connectivity index (χ0v) is 9.04. The van der Waals surface area contributed by atoms with E-state index >= 15 is 0 Å². The van der Waals surface area contributed by atoms with Gasteiger partial charge in [0.25, 0.3) is 0 Å². The molecule has 1 aromatic carbocycles. The zero-order chi connectivity index (χ0) is 8.39. The number of thioether (sulfide) groups is 1. The van der Waals surface area contributed by atoms with Crippen LogP contribution in [0.25, 0.3) is 0 Å². The summed E-state index contributed by atoms with van der Waals surface area (Å²) in [6.45, 7) is 1.09. The van der Waals surface area contributed by atoms with E-state index in [4.69, 9.17) is 0 Å². The third kappa shape index (κ3) is 1.62. The van der Waals surface area contributed by atoms with Crippen LogP contribution in [0.15, 0.2) is 27.6 Å². The number of rotatable bonds is 0. The number of halogens is 1. The minimum absolute atomic E-state index is 1.09. The summed E-state index contributed by atoms with van der Waals surface area (Å²) >= 11 is 5.48. The molecule has 2 rings (SSSR count). The molecular formula is C9H10BrNS. The lowest BCUT2D eigenvalue weighted by atomic mass is 10.3. The van der Waals surface area contributed by atoms with Gasteiger partial charge in [-0.1, -0.05) is 6.07 Å². The first kappa shape index (κ1) is 8.45. The highest BCUT2D eigenvalue weighted by atomic mass is 79.9. The highest BCUT2D eigenvalue weighted by molar-refractivity contribution is 9.10. The summed E-state index contributed by atoms with van der Waals surface area (Å²) < 4.78 is 1.21. The molecule has 0 fully saturated rings. The summed E-state index contributed by atoms with van der Waals surface area (Å²) in [7, 11) is 0. The first-order valence-corrected chi connectivity index (χ1v) is 5.81. The van der Waals surface area contributed by atoms with Gasteiger partial charge >= 0.3 is 0 Å². The van der Waals surface area contributed by atoms with Crippen molar-refractivity contribution < 1.29 is 0 Å². The van der Waals surface area contributed by atoms with E-state index in [1.165, 1.54) is 27.2 Å². The second-order valence-corrected chi connectivity index (χ2v) is 4.70. The summed E-state index contributed by atoms with van der Waals surface area (Å²) in [5.41, 5.74) is 1.27. The summed E-state index contributed by atoms with van der Waals surface area (Å²) in [5.74, 6) is 1.21. The lowest BCUT2D eigenvalue weighted by Gasteiger charge is -2.07. The fourth-order valence-corrected chi connectivity index (χ4v) is 2.97. The molecule has 0 aliphatic carbocycles. The predicted octanol–water partition coefficient (Wildman–Crippen LogP) is 3.36. The Kier molecular flexibility index (Phi) is 2.61. The van der Waals surface area contributed by atoms with Crippen molar-refractivity contribution in [1.82, 2.24) is 0 Å². The Morgan fingerprint density at radius 3 is 3.25 bits per heavy atom. The van der Waals surface area contributed by atoms with Crippen LogP contribution >= 0.6 is 27.7 Å². The summed E-state index contributed by atoms with van der Waals surface area (Å²) in [6.07, 6.45) is 1.24. The second kappa shape index (κ2) is 3.71. The molecule has 3 heteroatoms. The molecule has 1 nitrogen and oxygen atoms in total. The molecule has 0 unspecified atom stereocenters. The third-order valence-electron chi connectivity index (χ3n) is 1.85. The molecule has 0 amide bonds. The molecule has 0 atom stereocenters. The minimum Gasteiger partial charge on any atom is -0.384 e. The largest absolute Gasteiger partial charge is 0.384 e. The Labute approximate surface area is 85.1 Å². The van der Waals surface area contributed by atoms with Crippen molar-refractivity contribution in [3.05, 3.63) is 22.7 Å². The Balaban J connectivity index is 2.42. The van der Waals surface area contributed by atoms with Gasteiger partial charge in [-0.05, 0) is 40.2 Å². The van der Waals surface area contributed by atoms with Crippen LogP contribution in [-0.4, -0.2) is 12.3 Å². The van der Waals surface area contributed by atoms with Gasteiger partial charge in [0.2, 0.25) is 0 Å². The van der Waals surface area contributed by atoms with Crippen molar-refractivity contribution in [3.63, 3.8) is 0 Å². The average molecular weight is 244 g/mol. The number of anilines is 1. The molecule has 1 heterocycles. The summed E-state index contributed by atoms with van der Waals surface area (Å²) in [6, 6.07) is 6.30. The number of hydrogen-bond acceptors (Lipinski definition) is 2. The Morgan fingerprint density at radius 1 is 1.42 bits per heavy atom. The molecule has 0 spiro atoms. The van der Waals surface area contributed by atoms with Crippen LogP contribution in [0.1, 0.15) is 6.42 Å². The fourth-order valence-electron chi connectivity index (χ4n) is 1.26. The lowest BCUT2D eigenvalue weighted by Crippen LogP contribution is -1.99. The number of nitrogens with one attached hydrogen (secondary N) is 1. The molecule has 0 saturated heterocycles. The number of hydrogen-bond donors (Lipinski definition) is 1. The van der Waals surface area contributed by atoms with Gasteiger partial charge in [0, 0.05) is 21.6 Å². The first-order chi connectivity index (χ1) is 5.88. The maximum atomic E-state index is 3.56. The van der Waals surface area contributed by atoms with Gasteiger partial charge in [0.15, 0.2) is 0 Å². The Hall–Kier alpha value is -0.150. The Morgan fingerprint density at radius 2 is 2.33 bits per heavy atom. The Bertz CT molecular complexity index is 288. The second-order valence-electron chi connectivity index (χ2n) is 2.75. The topological polar surface area (TPSA) is 12.0 Å². The van der Waals surface area contributed by atoms with Crippen LogP contribution in [0.4, 0.5) is 5.69 Å². The van der Waals surface area contributed by atoms with E-state index in [0.29, 0.717) is 0 Å². The monoisotopic (exact) mass is 243 g/mol. The molecule has 0 aromatic heterocycles. The van der Waals surface area contributed by atoms with E-state index in [2.05, 4.69) is 39.4 Å². The van der Waals surface area contributed by atoms with Crippen LogP contribution in [0.2, 0.25) is 0 Å². The van der Waals surface area contributed by atoms with Crippen LogP contribution in [0, 0.1) is 0 Å². The van der Waals surface area contributed by atoms with Crippen LogP contribution in [-0.2, 0) is 0 Å². The van der Waals surface area contributed by atoms with Gasteiger partial charge in [0.1, 0.15) is 0 Å². The molecular weight excluding hydrogens is 234 g/mol. The molecule has 1 N–H and O–H groups in total. The van der Waals surface area contributed by atoms with Crippen LogP contribution in [0.5, 0.6) is 0 Å². The molecule has 12 heavy (non-hydrogen) atoms. The molecule has 1 aliphatic rings. The standard InChI is InChI=1S/C9H10BrNS/c10-7-3-1-4-8-9(7)12-6-2-5-11-8/h1,3-4,11H,2,5-6H2. The van der Waals surface area contributed by atoms with Gasteiger partial charge in [-0.15, -0.1) is 11.8 Å². The number of benzene rings is 1. The van der Waals surface area contributed by atoms with E-state index in [1.54, 1.807) is 0 Å². The molecule has 0 radical (unpaired) electrons. The predicted molar refractivity (Wildman–Crippen MR) is 58.0 cm³/mol. The molecule has 0 bridgehead atoms. The van der Waals surface area contributed by atoms with Crippen molar-refractivity contribution in [2.45, 2.75) is 11.3 Å². The van der Waals surface area contributed by atoms with E-state index in [-0.39, 0.29) is 0 Å². The lowest BCUT2D eigenvalue weighted by molar-refractivity contribution is 0.999. The van der Waals surface area contributed by atoms with Crippen molar-refractivity contribution >= 4 is 33.4 Å². The zero-order valence-electron chi connectivity index (χ0n) is 6.64. The van der Waals surface area contributed by atoms with Crippen LogP contribution in [0.3, 0.4) is 0 Å². The third-order valence-corrected chi connectivity index (χ3v) is 3.99. The van der Waals surface area contributed by atoms with E-state index in [1.807, 2.05) is 11.8 Å². The highest BCUT2D eigenvalue weighted by Gasteiger charge is 2.09. The molecule has 64 valence electrons.